The molecule has 1 rings (SSSR count). The topological polar surface area (TPSA) is 20.2 Å². The Kier molecular flexibility index (Phi) is 5.22. The number of hydrogen-bond donors (Lipinski definition) is 1. The molecule has 1 fully saturated rings. The summed E-state index contributed by atoms with van der Waals surface area (Å²) in [4.78, 5) is 0. The summed E-state index contributed by atoms with van der Waals surface area (Å²) in [5, 5.41) is 9.35. The van der Waals surface area contributed by atoms with Gasteiger partial charge in [-0.15, -0.1) is 0 Å². The smallest absolute Gasteiger partial charge is 1.00 e. The molecule has 0 heterocycles. The van der Waals surface area contributed by atoms with Crippen LogP contribution >= 0.6 is 0 Å². The molecule has 0 aromatic carbocycles. The van der Waals surface area contributed by atoms with Gasteiger partial charge in [0.15, 0.2) is 0 Å². The number of aliphatic hydroxyl groups is 1. The molecule has 1 aliphatic carbocycles. The maximum atomic E-state index is 9.35. The Balaban J connectivity index is 0. The second kappa shape index (κ2) is 4.76. The maximum absolute atomic E-state index is 9.35. The van der Waals surface area contributed by atoms with E-state index in [1.165, 1.54) is 12.8 Å². The largest absolute Gasteiger partial charge is 1.00 e. The van der Waals surface area contributed by atoms with Crippen molar-refractivity contribution in [3.05, 3.63) is 0 Å². The standard InChI is InChI=1S/C8H16O.Na.H/c1-6-4-3-5-8(9)7(6)2;;/h6-9H,3-5H2,1-2H3;;/q;+1;-1. The average Bonchev–Trinajstić information content (AvgIpc) is 1.83. The summed E-state index contributed by atoms with van der Waals surface area (Å²) < 4.78 is 0. The summed E-state index contributed by atoms with van der Waals surface area (Å²) in [6.07, 6.45) is 3.52. The molecule has 2 heteroatoms. The molecular weight excluding hydrogens is 135 g/mol. The van der Waals surface area contributed by atoms with E-state index >= 15 is 0 Å². The van der Waals surface area contributed by atoms with Gasteiger partial charge in [-0.1, -0.05) is 26.7 Å². The Bertz CT molecular complexity index is 90.1. The first-order chi connectivity index (χ1) is 4.22. The molecule has 0 spiro atoms. The molecule has 0 aliphatic heterocycles. The van der Waals surface area contributed by atoms with E-state index in [9.17, 15) is 5.11 Å². The first kappa shape index (κ1) is 11.0. The van der Waals surface area contributed by atoms with Gasteiger partial charge in [0.05, 0.1) is 6.10 Å². The van der Waals surface area contributed by atoms with Crippen molar-refractivity contribution in [2.24, 2.45) is 11.8 Å². The molecular formula is C8H17NaO. The zero-order chi connectivity index (χ0) is 6.85. The van der Waals surface area contributed by atoms with Gasteiger partial charge >= 0.3 is 29.6 Å². The van der Waals surface area contributed by atoms with Crippen LogP contribution in [0.3, 0.4) is 0 Å². The van der Waals surface area contributed by atoms with Gasteiger partial charge in [-0.3, -0.25) is 0 Å². The van der Waals surface area contributed by atoms with Crippen LogP contribution in [0.1, 0.15) is 34.5 Å². The molecule has 0 bridgehead atoms. The average molecular weight is 152 g/mol. The van der Waals surface area contributed by atoms with Gasteiger partial charge in [0.1, 0.15) is 0 Å². The van der Waals surface area contributed by atoms with Crippen LogP contribution < -0.4 is 29.6 Å². The molecule has 1 N–H and O–H groups in total. The molecule has 0 saturated heterocycles. The SMILES string of the molecule is CC1CCCC(O)C1C.[H-].[Na+]. The summed E-state index contributed by atoms with van der Waals surface area (Å²) in [6, 6.07) is 0. The Morgan fingerprint density at radius 1 is 1.30 bits per heavy atom. The number of hydrogen-bond acceptors (Lipinski definition) is 1. The quantitative estimate of drug-likeness (QED) is 0.438. The van der Waals surface area contributed by atoms with Gasteiger partial charge in [0.2, 0.25) is 0 Å². The van der Waals surface area contributed by atoms with E-state index in [0.29, 0.717) is 5.92 Å². The molecule has 1 saturated carbocycles. The Morgan fingerprint density at radius 3 is 2.30 bits per heavy atom. The van der Waals surface area contributed by atoms with Crippen molar-refractivity contribution in [2.45, 2.75) is 39.2 Å². The van der Waals surface area contributed by atoms with Gasteiger partial charge in [0, 0.05) is 0 Å². The predicted octanol–water partition coefficient (Wildman–Crippen LogP) is -1.08. The zero-order valence-corrected chi connectivity index (χ0v) is 9.30. The van der Waals surface area contributed by atoms with Crippen molar-refractivity contribution in [2.75, 3.05) is 0 Å². The Morgan fingerprint density at radius 2 is 1.90 bits per heavy atom. The summed E-state index contributed by atoms with van der Waals surface area (Å²) in [5.74, 6) is 1.26. The molecule has 0 amide bonds. The van der Waals surface area contributed by atoms with Gasteiger partial charge in [0.25, 0.3) is 0 Å². The molecule has 10 heavy (non-hydrogen) atoms. The summed E-state index contributed by atoms with van der Waals surface area (Å²) in [5.41, 5.74) is 0. The molecule has 1 aliphatic rings. The Labute approximate surface area is 87.0 Å². The molecule has 0 aromatic rings. The van der Waals surface area contributed by atoms with E-state index < -0.39 is 0 Å². The third-order valence-electron chi connectivity index (χ3n) is 2.66. The molecule has 56 valence electrons. The third kappa shape index (κ3) is 2.54. The van der Waals surface area contributed by atoms with Crippen molar-refractivity contribution >= 4 is 0 Å². The van der Waals surface area contributed by atoms with Crippen molar-refractivity contribution in [1.82, 2.24) is 0 Å². The minimum absolute atomic E-state index is 0. The number of aliphatic hydroxyl groups excluding tert-OH is 1. The zero-order valence-electron chi connectivity index (χ0n) is 8.30. The van der Waals surface area contributed by atoms with Crippen molar-refractivity contribution in [3.63, 3.8) is 0 Å². The third-order valence-corrected chi connectivity index (χ3v) is 2.66. The first-order valence-corrected chi connectivity index (χ1v) is 3.90. The first-order valence-electron chi connectivity index (χ1n) is 3.90. The van der Waals surface area contributed by atoms with E-state index in [1.807, 2.05) is 0 Å². The molecule has 0 radical (unpaired) electrons. The fourth-order valence-electron chi connectivity index (χ4n) is 1.55. The number of rotatable bonds is 0. The van der Waals surface area contributed by atoms with E-state index in [-0.39, 0.29) is 37.1 Å². The van der Waals surface area contributed by atoms with Crippen LogP contribution in [0.15, 0.2) is 0 Å². The predicted molar refractivity (Wildman–Crippen MR) is 39.3 cm³/mol. The molecule has 3 atom stereocenters. The van der Waals surface area contributed by atoms with E-state index in [0.717, 1.165) is 12.3 Å². The monoisotopic (exact) mass is 152 g/mol. The van der Waals surface area contributed by atoms with Crippen molar-refractivity contribution < 1.29 is 36.1 Å². The van der Waals surface area contributed by atoms with Gasteiger partial charge in [-0.2, -0.15) is 0 Å². The summed E-state index contributed by atoms with van der Waals surface area (Å²) in [7, 11) is 0. The van der Waals surface area contributed by atoms with E-state index in [2.05, 4.69) is 13.8 Å². The molecule has 1 nitrogen and oxygen atoms in total. The normalized spacial score (nSPS) is 40.5. The maximum Gasteiger partial charge on any atom is 1.00 e. The fourth-order valence-corrected chi connectivity index (χ4v) is 1.55. The van der Waals surface area contributed by atoms with Crippen LogP contribution in [0, 0.1) is 11.8 Å². The second-order valence-electron chi connectivity index (χ2n) is 3.33. The van der Waals surface area contributed by atoms with Crippen molar-refractivity contribution in [1.29, 1.82) is 0 Å². The van der Waals surface area contributed by atoms with E-state index in [1.54, 1.807) is 0 Å². The molecule has 3 unspecified atom stereocenters. The minimum Gasteiger partial charge on any atom is -1.00 e. The van der Waals surface area contributed by atoms with Crippen LogP contribution in [0.25, 0.3) is 0 Å². The second-order valence-corrected chi connectivity index (χ2v) is 3.33. The molecule has 0 aromatic heterocycles. The van der Waals surface area contributed by atoms with Crippen LogP contribution in [-0.2, 0) is 0 Å². The van der Waals surface area contributed by atoms with Crippen LogP contribution in [0.4, 0.5) is 0 Å². The Hall–Kier alpha value is 0.960. The van der Waals surface area contributed by atoms with Crippen LogP contribution in [0.5, 0.6) is 0 Å². The van der Waals surface area contributed by atoms with Gasteiger partial charge < -0.3 is 6.53 Å². The van der Waals surface area contributed by atoms with Crippen LogP contribution in [-0.4, -0.2) is 11.2 Å². The van der Waals surface area contributed by atoms with Crippen molar-refractivity contribution in [3.8, 4) is 0 Å². The summed E-state index contributed by atoms with van der Waals surface area (Å²) >= 11 is 0. The van der Waals surface area contributed by atoms with Gasteiger partial charge in [-0.05, 0) is 18.3 Å². The van der Waals surface area contributed by atoms with Crippen LogP contribution in [0.2, 0.25) is 0 Å². The summed E-state index contributed by atoms with van der Waals surface area (Å²) in [6.45, 7) is 4.38. The van der Waals surface area contributed by atoms with Gasteiger partial charge in [-0.25, -0.2) is 0 Å². The van der Waals surface area contributed by atoms with E-state index in [4.69, 9.17) is 0 Å². The fraction of sp³-hybridized carbons (Fsp3) is 1.00. The minimum atomic E-state index is -0.0197.